The van der Waals surface area contributed by atoms with Gasteiger partial charge in [0.15, 0.2) is 0 Å². The molecular weight excluding hydrogens is 428 g/mol. The van der Waals surface area contributed by atoms with Gasteiger partial charge in [-0.15, -0.1) is 0 Å². The van der Waals surface area contributed by atoms with Crippen molar-refractivity contribution in [1.82, 2.24) is 14.1 Å². The second kappa shape index (κ2) is 10.5. The smallest absolute Gasteiger partial charge is 0.243 e. The first kappa shape index (κ1) is 24.2. The SMILES string of the molecule is CC(C)CCC(=O)N1CCN(C(=O)C2CCN(S(=O)(=O)c3ccc(C#N)cc3)CC2)CC1. The highest BCUT2D eigenvalue weighted by atomic mass is 32.2. The molecule has 2 heterocycles. The van der Waals surface area contributed by atoms with E-state index in [1.807, 2.05) is 15.9 Å². The molecular formula is C23H32N4O4S. The fraction of sp³-hybridized carbons (Fsp3) is 0.609. The summed E-state index contributed by atoms with van der Waals surface area (Å²) in [6, 6.07) is 7.88. The fourth-order valence-electron chi connectivity index (χ4n) is 4.20. The van der Waals surface area contributed by atoms with Crippen molar-refractivity contribution in [2.75, 3.05) is 39.3 Å². The van der Waals surface area contributed by atoms with Crippen LogP contribution in [0.2, 0.25) is 0 Å². The Morgan fingerprint density at radius 1 is 1.00 bits per heavy atom. The van der Waals surface area contributed by atoms with Crippen LogP contribution in [0.4, 0.5) is 0 Å². The van der Waals surface area contributed by atoms with Crippen molar-refractivity contribution in [3.05, 3.63) is 29.8 Å². The highest BCUT2D eigenvalue weighted by Gasteiger charge is 2.35. The standard InChI is InChI=1S/C23H32N4O4S/c1-18(2)3-8-22(28)25-13-15-26(16-14-25)23(29)20-9-11-27(12-10-20)32(30,31)21-6-4-19(17-24)5-7-21/h4-7,18,20H,3,8-16H2,1-2H3. The quantitative estimate of drug-likeness (QED) is 0.647. The molecule has 0 saturated carbocycles. The van der Waals surface area contributed by atoms with Gasteiger partial charge in [0.05, 0.1) is 16.5 Å². The predicted molar refractivity (Wildman–Crippen MR) is 120 cm³/mol. The molecule has 0 aromatic heterocycles. The Morgan fingerprint density at radius 3 is 2.09 bits per heavy atom. The molecule has 1 aromatic rings. The summed E-state index contributed by atoms with van der Waals surface area (Å²) in [6.45, 7) is 7.00. The van der Waals surface area contributed by atoms with E-state index in [1.54, 1.807) is 0 Å². The van der Waals surface area contributed by atoms with Crippen LogP contribution in [0.5, 0.6) is 0 Å². The summed E-state index contributed by atoms with van der Waals surface area (Å²) >= 11 is 0. The van der Waals surface area contributed by atoms with E-state index in [9.17, 15) is 18.0 Å². The first-order valence-corrected chi connectivity index (χ1v) is 12.7. The summed E-state index contributed by atoms with van der Waals surface area (Å²) < 4.78 is 27.2. The van der Waals surface area contributed by atoms with Gasteiger partial charge in [0.2, 0.25) is 21.8 Å². The maximum absolute atomic E-state index is 13.0. The molecule has 2 aliphatic rings. The van der Waals surface area contributed by atoms with E-state index in [1.165, 1.54) is 28.6 Å². The minimum atomic E-state index is -3.63. The maximum atomic E-state index is 13.0. The van der Waals surface area contributed by atoms with Crippen molar-refractivity contribution in [1.29, 1.82) is 5.26 Å². The van der Waals surface area contributed by atoms with Crippen molar-refractivity contribution in [3.8, 4) is 6.07 Å². The summed E-state index contributed by atoms with van der Waals surface area (Å²) in [5.74, 6) is 0.529. The Kier molecular flexibility index (Phi) is 7.91. The first-order chi connectivity index (χ1) is 15.2. The summed E-state index contributed by atoms with van der Waals surface area (Å²) in [7, 11) is -3.63. The molecule has 0 bridgehead atoms. The van der Waals surface area contributed by atoms with E-state index >= 15 is 0 Å². The number of amides is 2. The Bertz CT molecular complexity index is 953. The number of carbonyl (C=O) groups is 2. The van der Waals surface area contributed by atoms with Crippen molar-refractivity contribution in [2.45, 2.75) is 44.4 Å². The lowest BCUT2D eigenvalue weighted by atomic mass is 9.96. The monoisotopic (exact) mass is 460 g/mol. The minimum absolute atomic E-state index is 0.0645. The van der Waals surface area contributed by atoms with Gasteiger partial charge in [-0.25, -0.2) is 8.42 Å². The van der Waals surface area contributed by atoms with E-state index in [0.29, 0.717) is 70.0 Å². The number of rotatable bonds is 6. The molecule has 0 N–H and O–H groups in total. The van der Waals surface area contributed by atoms with Crippen LogP contribution in [0.15, 0.2) is 29.2 Å². The molecule has 8 nitrogen and oxygen atoms in total. The summed E-state index contributed by atoms with van der Waals surface area (Å²) in [5.41, 5.74) is 0.412. The zero-order valence-electron chi connectivity index (χ0n) is 18.9. The Hall–Kier alpha value is -2.44. The first-order valence-electron chi connectivity index (χ1n) is 11.3. The van der Waals surface area contributed by atoms with E-state index in [4.69, 9.17) is 5.26 Å². The molecule has 0 aliphatic carbocycles. The largest absolute Gasteiger partial charge is 0.339 e. The summed E-state index contributed by atoms with van der Waals surface area (Å²) in [5, 5.41) is 8.89. The van der Waals surface area contributed by atoms with Crippen molar-refractivity contribution < 1.29 is 18.0 Å². The molecule has 0 radical (unpaired) electrons. The lowest BCUT2D eigenvalue weighted by Gasteiger charge is -2.38. The van der Waals surface area contributed by atoms with Crippen molar-refractivity contribution in [3.63, 3.8) is 0 Å². The van der Waals surface area contributed by atoms with Crippen LogP contribution in [-0.4, -0.2) is 73.6 Å². The molecule has 0 spiro atoms. The van der Waals surface area contributed by atoms with E-state index in [-0.39, 0.29) is 22.6 Å². The third-order valence-electron chi connectivity index (χ3n) is 6.30. The number of benzene rings is 1. The second-order valence-corrected chi connectivity index (χ2v) is 10.9. The van der Waals surface area contributed by atoms with Crippen LogP contribution in [0.25, 0.3) is 0 Å². The lowest BCUT2D eigenvalue weighted by molar-refractivity contribution is -0.143. The maximum Gasteiger partial charge on any atom is 0.243 e. The van der Waals surface area contributed by atoms with Crippen LogP contribution in [-0.2, 0) is 19.6 Å². The molecule has 9 heteroatoms. The van der Waals surface area contributed by atoms with Gasteiger partial charge in [-0.2, -0.15) is 9.57 Å². The zero-order chi connectivity index (χ0) is 23.3. The van der Waals surface area contributed by atoms with Gasteiger partial charge in [-0.1, -0.05) is 13.8 Å². The Morgan fingerprint density at radius 2 is 1.56 bits per heavy atom. The van der Waals surface area contributed by atoms with Crippen LogP contribution < -0.4 is 0 Å². The van der Waals surface area contributed by atoms with Crippen LogP contribution in [0.1, 0.15) is 45.1 Å². The van der Waals surface area contributed by atoms with Gasteiger partial charge < -0.3 is 9.80 Å². The number of piperazine rings is 1. The topological polar surface area (TPSA) is 102 Å². The molecule has 3 rings (SSSR count). The van der Waals surface area contributed by atoms with Gasteiger partial charge in [-0.05, 0) is 49.4 Å². The van der Waals surface area contributed by atoms with Gasteiger partial charge in [0, 0.05) is 51.6 Å². The highest BCUT2D eigenvalue weighted by molar-refractivity contribution is 7.89. The molecule has 174 valence electrons. The van der Waals surface area contributed by atoms with Crippen molar-refractivity contribution >= 4 is 21.8 Å². The average Bonchev–Trinajstić information content (AvgIpc) is 2.82. The summed E-state index contributed by atoms with van der Waals surface area (Å²) in [4.78, 5) is 29.1. The zero-order valence-corrected chi connectivity index (χ0v) is 19.7. The van der Waals surface area contributed by atoms with Crippen LogP contribution in [0, 0.1) is 23.2 Å². The number of sulfonamides is 1. The van der Waals surface area contributed by atoms with Gasteiger partial charge in [0.25, 0.3) is 0 Å². The Balaban J connectivity index is 1.49. The lowest BCUT2D eigenvalue weighted by Crippen LogP contribution is -2.53. The Labute approximate surface area is 190 Å². The fourth-order valence-corrected chi connectivity index (χ4v) is 5.67. The third kappa shape index (κ3) is 5.67. The molecule has 1 aromatic carbocycles. The average molecular weight is 461 g/mol. The summed E-state index contributed by atoms with van der Waals surface area (Å²) in [6.07, 6.45) is 2.41. The van der Waals surface area contributed by atoms with Crippen LogP contribution in [0.3, 0.4) is 0 Å². The molecule has 0 atom stereocenters. The van der Waals surface area contributed by atoms with Crippen molar-refractivity contribution in [2.24, 2.45) is 11.8 Å². The molecule has 2 amide bonds. The third-order valence-corrected chi connectivity index (χ3v) is 8.22. The second-order valence-electron chi connectivity index (χ2n) is 8.95. The number of hydrogen-bond donors (Lipinski definition) is 0. The number of nitrogens with zero attached hydrogens (tertiary/aromatic N) is 4. The molecule has 2 aliphatic heterocycles. The van der Waals surface area contributed by atoms with Gasteiger partial charge in [0.1, 0.15) is 0 Å². The van der Waals surface area contributed by atoms with E-state index in [0.717, 1.165) is 6.42 Å². The highest BCUT2D eigenvalue weighted by Crippen LogP contribution is 2.26. The van der Waals surface area contributed by atoms with Gasteiger partial charge in [-0.3, -0.25) is 9.59 Å². The van der Waals surface area contributed by atoms with Gasteiger partial charge >= 0.3 is 0 Å². The van der Waals surface area contributed by atoms with E-state index < -0.39 is 10.0 Å². The molecule has 0 unspecified atom stereocenters. The minimum Gasteiger partial charge on any atom is -0.339 e. The number of piperidine rings is 1. The molecule has 2 saturated heterocycles. The number of carbonyl (C=O) groups excluding carboxylic acids is 2. The molecule has 2 fully saturated rings. The number of nitriles is 1. The predicted octanol–water partition coefficient (Wildman–Crippen LogP) is 2.07. The normalized spacial score (nSPS) is 18.6. The number of hydrogen-bond acceptors (Lipinski definition) is 5. The van der Waals surface area contributed by atoms with Crippen LogP contribution >= 0.6 is 0 Å². The molecule has 32 heavy (non-hydrogen) atoms. The van der Waals surface area contributed by atoms with E-state index in [2.05, 4.69) is 13.8 Å².